The van der Waals surface area contributed by atoms with Crippen molar-refractivity contribution in [2.24, 2.45) is 0 Å². The summed E-state index contributed by atoms with van der Waals surface area (Å²) < 4.78 is 0. The molecule has 0 aromatic heterocycles. The zero-order chi connectivity index (χ0) is 17.9. The minimum atomic E-state index is -1.15. The van der Waals surface area contributed by atoms with Crippen LogP contribution >= 0.6 is 0 Å². The Balaban J connectivity index is 1.54. The molecule has 2 saturated heterocycles. The van der Waals surface area contributed by atoms with E-state index in [1.807, 2.05) is 40.1 Å². The topological polar surface area (TPSA) is 60.9 Å². The van der Waals surface area contributed by atoms with E-state index in [2.05, 4.69) is 0 Å². The molecule has 2 fully saturated rings. The third kappa shape index (κ3) is 4.21. The molecule has 1 aromatic rings. The van der Waals surface area contributed by atoms with E-state index in [-0.39, 0.29) is 24.3 Å². The lowest BCUT2D eigenvalue weighted by atomic mass is 9.91. The van der Waals surface area contributed by atoms with Gasteiger partial charge < -0.3 is 14.9 Å². The normalized spacial score (nSPS) is 21.9. The lowest BCUT2D eigenvalue weighted by molar-refractivity contribution is -0.140. The van der Waals surface area contributed by atoms with Crippen molar-refractivity contribution in [2.75, 3.05) is 19.6 Å². The van der Waals surface area contributed by atoms with Gasteiger partial charge in [0.1, 0.15) is 0 Å². The fourth-order valence-electron chi connectivity index (χ4n) is 3.95. The molecule has 0 aliphatic carbocycles. The van der Waals surface area contributed by atoms with Crippen molar-refractivity contribution in [3.05, 3.63) is 35.9 Å². The number of likely N-dealkylation sites (tertiary alicyclic amines) is 2. The van der Waals surface area contributed by atoms with Crippen molar-refractivity contribution in [3.63, 3.8) is 0 Å². The number of piperidine rings is 2. The summed E-state index contributed by atoms with van der Waals surface area (Å²) in [5.41, 5.74) is -0.393. The number of carbonyl (C=O) groups is 2. The largest absolute Gasteiger partial charge is 0.385 e. The van der Waals surface area contributed by atoms with Gasteiger partial charge in [-0.15, -0.1) is 0 Å². The van der Waals surface area contributed by atoms with Gasteiger partial charge in [0, 0.05) is 32.1 Å². The minimum Gasteiger partial charge on any atom is -0.385 e. The molecule has 3 rings (SSSR count). The molecule has 0 radical (unpaired) electrons. The van der Waals surface area contributed by atoms with E-state index in [4.69, 9.17) is 0 Å². The maximum absolute atomic E-state index is 12.6. The van der Waals surface area contributed by atoms with Gasteiger partial charge in [0.05, 0.1) is 12.0 Å². The second kappa shape index (κ2) is 7.56. The number of nitrogens with zero attached hydrogens (tertiary/aromatic N) is 2. The van der Waals surface area contributed by atoms with E-state index in [0.29, 0.717) is 19.5 Å². The summed E-state index contributed by atoms with van der Waals surface area (Å²) in [4.78, 5) is 28.5. The zero-order valence-electron chi connectivity index (χ0n) is 15.0. The van der Waals surface area contributed by atoms with Gasteiger partial charge in [-0.25, -0.2) is 0 Å². The summed E-state index contributed by atoms with van der Waals surface area (Å²) >= 11 is 0. The van der Waals surface area contributed by atoms with E-state index in [1.165, 1.54) is 0 Å². The molecule has 0 spiro atoms. The Morgan fingerprint density at radius 3 is 2.48 bits per heavy atom. The third-order valence-electron chi connectivity index (χ3n) is 5.51. The monoisotopic (exact) mass is 344 g/mol. The molecule has 2 heterocycles. The molecule has 2 aliphatic heterocycles. The standard InChI is InChI=1S/C20H28N2O3/c1-20(25,16-7-3-2-4-8-16)15-19(24)21-13-10-17(11-14-21)22-12-6-5-9-18(22)23/h2-4,7-8,17,25H,5-6,9-15H2,1H3. The zero-order valence-corrected chi connectivity index (χ0v) is 15.0. The maximum Gasteiger partial charge on any atom is 0.225 e. The number of benzene rings is 1. The Morgan fingerprint density at radius 1 is 1.16 bits per heavy atom. The SMILES string of the molecule is CC(O)(CC(=O)N1CCC(N2CCCCC2=O)CC1)c1ccccc1. The van der Waals surface area contributed by atoms with Crippen LogP contribution in [0.4, 0.5) is 0 Å². The van der Waals surface area contributed by atoms with Crippen LogP contribution < -0.4 is 0 Å². The van der Waals surface area contributed by atoms with Crippen molar-refractivity contribution in [2.45, 2.75) is 57.1 Å². The van der Waals surface area contributed by atoms with Crippen LogP contribution in [0.1, 0.15) is 51.0 Å². The van der Waals surface area contributed by atoms with Crippen LogP contribution in [0.3, 0.4) is 0 Å². The average molecular weight is 344 g/mol. The Labute approximate surface area is 149 Å². The van der Waals surface area contributed by atoms with Gasteiger partial charge in [-0.1, -0.05) is 30.3 Å². The summed E-state index contributed by atoms with van der Waals surface area (Å²) in [6, 6.07) is 9.61. The van der Waals surface area contributed by atoms with Gasteiger partial charge in [-0.05, 0) is 38.2 Å². The third-order valence-corrected chi connectivity index (χ3v) is 5.51. The molecule has 136 valence electrons. The van der Waals surface area contributed by atoms with Gasteiger partial charge in [0.15, 0.2) is 0 Å². The smallest absolute Gasteiger partial charge is 0.225 e. The molecule has 1 N–H and O–H groups in total. The number of carbonyl (C=O) groups excluding carboxylic acids is 2. The fraction of sp³-hybridized carbons (Fsp3) is 0.600. The molecular weight excluding hydrogens is 316 g/mol. The van der Waals surface area contributed by atoms with E-state index in [0.717, 1.165) is 37.8 Å². The summed E-state index contributed by atoms with van der Waals surface area (Å²) in [7, 11) is 0. The lowest BCUT2D eigenvalue weighted by Gasteiger charge is -2.40. The van der Waals surface area contributed by atoms with Crippen LogP contribution in [0.2, 0.25) is 0 Å². The van der Waals surface area contributed by atoms with Crippen LogP contribution in [0.5, 0.6) is 0 Å². The molecule has 1 unspecified atom stereocenters. The van der Waals surface area contributed by atoms with Crippen molar-refractivity contribution in [1.29, 1.82) is 0 Å². The maximum atomic E-state index is 12.6. The van der Waals surface area contributed by atoms with Crippen LogP contribution in [-0.2, 0) is 15.2 Å². The van der Waals surface area contributed by atoms with E-state index in [1.54, 1.807) is 6.92 Å². The number of hydrogen-bond acceptors (Lipinski definition) is 3. The van der Waals surface area contributed by atoms with Crippen molar-refractivity contribution >= 4 is 11.8 Å². The molecule has 0 saturated carbocycles. The van der Waals surface area contributed by atoms with Crippen molar-refractivity contribution in [1.82, 2.24) is 9.80 Å². The van der Waals surface area contributed by atoms with Gasteiger partial charge >= 0.3 is 0 Å². The number of hydrogen-bond donors (Lipinski definition) is 1. The average Bonchev–Trinajstić information content (AvgIpc) is 2.63. The Kier molecular flexibility index (Phi) is 5.42. The molecule has 25 heavy (non-hydrogen) atoms. The summed E-state index contributed by atoms with van der Waals surface area (Å²) in [5, 5.41) is 10.7. The van der Waals surface area contributed by atoms with Gasteiger partial charge in [0.25, 0.3) is 0 Å². The highest BCUT2D eigenvalue weighted by atomic mass is 16.3. The highest BCUT2D eigenvalue weighted by Crippen LogP contribution is 2.27. The molecule has 1 atom stereocenters. The lowest BCUT2D eigenvalue weighted by Crippen LogP contribution is -2.50. The quantitative estimate of drug-likeness (QED) is 0.912. The molecular formula is C20H28N2O3. The van der Waals surface area contributed by atoms with E-state index >= 15 is 0 Å². The van der Waals surface area contributed by atoms with Crippen LogP contribution in [-0.4, -0.2) is 52.4 Å². The highest BCUT2D eigenvalue weighted by molar-refractivity contribution is 5.78. The first-order valence-electron chi connectivity index (χ1n) is 9.32. The molecule has 1 aromatic carbocycles. The summed E-state index contributed by atoms with van der Waals surface area (Å²) in [6.07, 6.45) is 4.52. The van der Waals surface area contributed by atoms with Crippen LogP contribution in [0.25, 0.3) is 0 Å². The minimum absolute atomic E-state index is 0.0164. The number of amides is 2. The number of aliphatic hydroxyl groups is 1. The van der Waals surface area contributed by atoms with Gasteiger partial charge in [-0.2, -0.15) is 0 Å². The first-order valence-corrected chi connectivity index (χ1v) is 9.32. The summed E-state index contributed by atoms with van der Waals surface area (Å²) in [6.45, 7) is 3.88. The second-order valence-corrected chi connectivity index (χ2v) is 7.47. The van der Waals surface area contributed by atoms with E-state index in [9.17, 15) is 14.7 Å². The Hall–Kier alpha value is -1.88. The van der Waals surface area contributed by atoms with Crippen LogP contribution in [0, 0.1) is 0 Å². The molecule has 0 bridgehead atoms. The predicted molar refractivity (Wildman–Crippen MR) is 95.8 cm³/mol. The molecule has 2 aliphatic rings. The molecule has 5 heteroatoms. The van der Waals surface area contributed by atoms with Crippen molar-refractivity contribution in [3.8, 4) is 0 Å². The van der Waals surface area contributed by atoms with Crippen molar-refractivity contribution < 1.29 is 14.7 Å². The van der Waals surface area contributed by atoms with Crippen LogP contribution in [0.15, 0.2) is 30.3 Å². The highest BCUT2D eigenvalue weighted by Gasteiger charge is 2.33. The van der Waals surface area contributed by atoms with Gasteiger partial charge in [0.2, 0.25) is 11.8 Å². The molecule has 5 nitrogen and oxygen atoms in total. The van der Waals surface area contributed by atoms with E-state index < -0.39 is 5.60 Å². The Bertz CT molecular complexity index is 607. The Morgan fingerprint density at radius 2 is 1.84 bits per heavy atom. The predicted octanol–water partition coefficient (Wildman–Crippen LogP) is 2.29. The molecule has 2 amide bonds. The second-order valence-electron chi connectivity index (χ2n) is 7.47. The number of rotatable bonds is 4. The summed E-state index contributed by atoms with van der Waals surface area (Å²) in [5.74, 6) is 0.250. The first-order chi connectivity index (χ1) is 12.0. The first kappa shape index (κ1) is 17.9. The van der Waals surface area contributed by atoms with Gasteiger partial charge in [-0.3, -0.25) is 9.59 Å². The fourth-order valence-corrected chi connectivity index (χ4v) is 3.95.